The summed E-state index contributed by atoms with van der Waals surface area (Å²) >= 11 is 2.95. The third kappa shape index (κ3) is 5.31. The van der Waals surface area contributed by atoms with E-state index in [0.717, 1.165) is 25.3 Å². The molecule has 1 nitrogen and oxygen atoms in total. The van der Waals surface area contributed by atoms with Crippen molar-refractivity contribution in [3.05, 3.63) is 33.8 Å². The summed E-state index contributed by atoms with van der Waals surface area (Å²) in [6.45, 7) is 2.18. The Morgan fingerprint density at radius 3 is 2.30 bits per heavy atom. The summed E-state index contributed by atoms with van der Waals surface area (Å²) in [5.74, 6) is -2.07. The predicted octanol–water partition coefficient (Wildman–Crippen LogP) is 6.05. The molecule has 1 aromatic carbocycles. The van der Waals surface area contributed by atoms with E-state index in [-0.39, 0.29) is 15.8 Å². The molecular formula is C16H21BrF2O. The second kappa shape index (κ2) is 9.22. The maximum atomic E-state index is 13.3. The van der Waals surface area contributed by atoms with Gasteiger partial charge in [-0.15, -0.1) is 0 Å². The Morgan fingerprint density at radius 1 is 1.05 bits per heavy atom. The molecule has 0 atom stereocenters. The fourth-order valence-electron chi connectivity index (χ4n) is 2.12. The van der Waals surface area contributed by atoms with E-state index in [4.69, 9.17) is 0 Å². The van der Waals surface area contributed by atoms with Gasteiger partial charge in [-0.05, 0) is 34.5 Å². The topological polar surface area (TPSA) is 17.1 Å². The summed E-state index contributed by atoms with van der Waals surface area (Å²) in [4.78, 5) is 11.9. The minimum absolute atomic E-state index is 0.0644. The summed E-state index contributed by atoms with van der Waals surface area (Å²) in [5.41, 5.74) is 0.231. The number of rotatable bonds is 9. The Hall–Kier alpha value is -0.770. The molecule has 4 heteroatoms. The van der Waals surface area contributed by atoms with Crippen molar-refractivity contribution in [3.8, 4) is 0 Å². The number of carbonyl (C=O) groups is 1. The Labute approximate surface area is 127 Å². The van der Waals surface area contributed by atoms with Gasteiger partial charge in [-0.25, -0.2) is 8.78 Å². The largest absolute Gasteiger partial charge is 0.294 e. The van der Waals surface area contributed by atoms with E-state index in [0.29, 0.717) is 6.42 Å². The van der Waals surface area contributed by atoms with Crippen LogP contribution in [-0.4, -0.2) is 5.78 Å². The molecule has 0 fully saturated rings. The third-order valence-electron chi connectivity index (χ3n) is 3.34. The van der Waals surface area contributed by atoms with Crippen LogP contribution in [0.3, 0.4) is 0 Å². The second-order valence-electron chi connectivity index (χ2n) is 5.02. The molecule has 0 aliphatic rings. The van der Waals surface area contributed by atoms with Crippen molar-refractivity contribution in [1.29, 1.82) is 0 Å². The zero-order chi connectivity index (χ0) is 15.0. The number of hydrogen-bond donors (Lipinski definition) is 0. The van der Waals surface area contributed by atoms with Crippen LogP contribution in [-0.2, 0) is 0 Å². The normalized spacial score (nSPS) is 10.8. The van der Waals surface area contributed by atoms with Crippen LogP contribution in [0.5, 0.6) is 0 Å². The lowest BCUT2D eigenvalue weighted by molar-refractivity contribution is 0.0977. The van der Waals surface area contributed by atoms with E-state index in [1.54, 1.807) is 0 Å². The molecule has 0 saturated heterocycles. The van der Waals surface area contributed by atoms with Crippen LogP contribution in [0.25, 0.3) is 0 Å². The highest BCUT2D eigenvalue weighted by Gasteiger charge is 2.16. The maximum Gasteiger partial charge on any atom is 0.173 e. The quantitative estimate of drug-likeness (QED) is 0.302. The molecule has 1 rings (SSSR count). The van der Waals surface area contributed by atoms with Crippen LogP contribution in [0.4, 0.5) is 8.78 Å². The van der Waals surface area contributed by atoms with Crippen LogP contribution >= 0.6 is 15.9 Å². The van der Waals surface area contributed by atoms with Gasteiger partial charge in [-0.3, -0.25) is 4.79 Å². The lowest BCUT2D eigenvalue weighted by Gasteiger charge is -2.05. The van der Waals surface area contributed by atoms with Crippen LogP contribution in [0.15, 0.2) is 16.6 Å². The number of halogens is 3. The SMILES string of the molecule is CCCCCCCCCC(=O)c1ccc(F)c(F)c1Br. The van der Waals surface area contributed by atoms with Gasteiger partial charge in [0.25, 0.3) is 0 Å². The second-order valence-corrected chi connectivity index (χ2v) is 5.81. The van der Waals surface area contributed by atoms with Crippen molar-refractivity contribution in [2.24, 2.45) is 0 Å². The summed E-state index contributed by atoms with van der Waals surface area (Å²) in [5, 5.41) is 0. The predicted molar refractivity (Wildman–Crippen MR) is 81.0 cm³/mol. The standard InChI is InChI=1S/C16H21BrF2O/c1-2-3-4-5-6-7-8-9-14(20)12-10-11-13(18)16(19)15(12)17/h10-11H,2-9H2,1H3. The summed E-state index contributed by atoms with van der Waals surface area (Å²) < 4.78 is 26.2. The van der Waals surface area contributed by atoms with Gasteiger partial charge < -0.3 is 0 Å². The summed E-state index contributed by atoms with van der Waals surface area (Å²) in [6, 6.07) is 2.34. The molecule has 0 spiro atoms. The van der Waals surface area contributed by atoms with Crippen LogP contribution in [0.2, 0.25) is 0 Å². The van der Waals surface area contributed by atoms with Crippen molar-refractivity contribution in [3.63, 3.8) is 0 Å². The maximum absolute atomic E-state index is 13.3. The first-order valence-corrected chi connectivity index (χ1v) is 8.04. The molecular weight excluding hydrogens is 326 g/mol. The number of ketones is 1. The van der Waals surface area contributed by atoms with E-state index in [2.05, 4.69) is 22.9 Å². The van der Waals surface area contributed by atoms with Crippen LogP contribution in [0, 0.1) is 11.6 Å². The zero-order valence-electron chi connectivity index (χ0n) is 11.9. The van der Waals surface area contributed by atoms with Gasteiger partial charge in [0.15, 0.2) is 17.4 Å². The Kier molecular flexibility index (Phi) is 7.97. The van der Waals surface area contributed by atoms with E-state index < -0.39 is 11.6 Å². The molecule has 20 heavy (non-hydrogen) atoms. The van der Waals surface area contributed by atoms with Crippen LogP contribution in [0.1, 0.15) is 68.6 Å². The Balaban J connectivity index is 2.35. The van der Waals surface area contributed by atoms with Gasteiger partial charge in [0.2, 0.25) is 0 Å². The molecule has 0 unspecified atom stereocenters. The molecule has 0 aliphatic carbocycles. The smallest absolute Gasteiger partial charge is 0.173 e. The molecule has 0 bridgehead atoms. The van der Waals surface area contributed by atoms with Gasteiger partial charge in [0.1, 0.15) is 0 Å². The first-order chi connectivity index (χ1) is 9.57. The first-order valence-electron chi connectivity index (χ1n) is 7.24. The fourth-order valence-corrected chi connectivity index (χ4v) is 2.66. The Bertz CT molecular complexity index is 446. The lowest BCUT2D eigenvalue weighted by atomic mass is 10.0. The van der Waals surface area contributed by atoms with Gasteiger partial charge in [-0.1, -0.05) is 45.4 Å². The average molecular weight is 347 g/mol. The lowest BCUT2D eigenvalue weighted by Crippen LogP contribution is -2.03. The monoisotopic (exact) mass is 346 g/mol. The van der Waals surface area contributed by atoms with Crippen LogP contribution < -0.4 is 0 Å². The third-order valence-corrected chi connectivity index (χ3v) is 4.12. The molecule has 0 aromatic heterocycles. The van der Waals surface area contributed by atoms with Crippen molar-refractivity contribution in [1.82, 2.24) is 0 Å². The van der Waals surface area contributed by atoms with Gasteiger partial charge in [-0.2, -0.15) is 0 Å². The molecule has 0 aliphatic heterocycles. The van der Waals surface area contributed by atoms with E-state index in [1.807, 2.05) is 0 Å². The molecule has 1 aromatic rings. The number of carbonyl (C=O) groups excluding carboxylic acids is 1. The summed E-state index contributed by atoms with van der Waals surface area (Å²) in [6.07, 6.45) is 8.27. The van der Waals surface area contributed by atoms with Crippen molar-refractivity contribution < 1.29 is 13.6 Å². The van der Waals surface area contributed by atoms with Crippen molar-refractivity contribution in [2.45, 2.75) is 58.3 Å². The molecule has 112 valence electrons. The fraction of sp³-hybridized carbons (Fsp3) is 0.562. The zero-order valence-corrected chi connectivity index (χ0v) is 13.4. The van der Waals surface area contributed by atoms with Gasteiger partial charge in [0, 0.05) is 12.0 Å². The van der Waals surface area contributed by atoms with Crippen molar-refractivity contribution >= 4 is 21.7 Å². The minimum atomic E-state index is -0.990. The first kappa shape index (κ1) is 17.3. The van der Waals surface area contributed by atoms with Gasteiger partial charge in [0.05, 0.1) is 4.47 Å². The number of hydrogen-bond acceptors (Lipinski definition) is 1. The average Bonchev–Trinajstić information content (AvgIpc) is 2.43. The number of benzene rings is 1. The molecule has 0 saturated carbocycles. The van der Waals surface area contributed by atoms with E-state index in [9.17, 15) is 13.6 Å². The number of Topliss-reactive ketones (excluding diaryl/α,β-unsaturated/α-hetero) is 1. The summed E-state index contributed by atoms with van der Waals surface area (Å²) in [7, 11) is 0. The number of unbranched alkanes of at least 4 members (excludes halogenated alkanes) is 6. The molecule has 0 heterocycles. The highest BCUT2D eigenvalue weighted by Crippen LogP contribution is 2.24. The molecule has 0 amide bonds. The minimum Gasteiger partial charge on any atom is -0.294 e. The van der Waals surface area contributed by atoms with Gasteiger partial charge >= 0.3 is 0 Å². The van der Waals surface area contributed by atoms with Crippen molar-refractivity contribution in [2.75, 3.05) is 0 Å². The highest BCUT2D eigenvalue weighted by molar-refractivity contribution is 9.10. The molecule has 0 radical (unpaired) electrons. The van der Waals surface area contributed by atoms with E-state index in [1.165, 1.54) is 31.7 Å². The highest BCUT2D eigenvalue weighted by atomic mass is 79.9. The van der Waals surface area contributed by atoms with E-state index >= 15 is 0 Å². The Morgan fingerprint density at radius 2 is 1.65 bits per heavy atom. The molecule has 0 N–H and O–H groups in total.